The number of methoxy groups -OCH3 is 1. The lowest BCUT2D eigenvalue weighted by Gasteiger charge is -2.31. The van der Waals surface area contributed by atoms with Crippen LogP contribution in [0.25, 0.3) is 0 Å². The van der Waals surface area contributed by atoms with Crippen LogP contribution in [0.5, 0.6) is 0 Å². The topological polar surface area (TPSA) is 24.5 Å². The third kappa shape index (κ3) is 5.77. The van der Waals surface area contributed by atoms with Crippen molar-refractivity contribution in [3.8, 4) is 0 Å². The summed E-state index contributed by atoms with van der Waals surface area (Å²) in [5.41, 5.74) is 0. The van der Waals surface area contributed by atoms with E-state index >= 15 is 0 Å². The Morgan fingerprint density at radius 2 is 2.12 bits per heavy atom. The highest BCUT2D eigenvalue weighted by Gasteiger charge is 2.18. The number of nitrogens with zero attached hydrogens (tertiary/aromatic N) is 1. The third-order valence-corrected chi connectivity index (χ3v) is 3.23. The van der Waals surface area contributed by atoms with E-state index < -0.39 is 0 Å². The van der Waals surface area contributed by atoms with Gasteiger partial charge in [-0.25, -0.2) is 0 Å². The zero-order valence-corrected chi connectivity index (χ0v) is 10.4. The van der Waals surface area contributed by atoms with Crippen LogP contribution in [0.2, 0.25) is 0 Å². The maximum atomic E-state index is 12.0. The van der Waals surface area contributed by atoms with E-state index in [0.717, 1.165) is 45.2 Å². The molecule has 3 nitrogen and oxygen atoms in total. The Kier molecular flexibility index (Phi) is 7.72. The van der Waals surface area contributed by atoms with Gasteiger partial charge in [-0.05, 0) is 44.8 Å². The van der Waals surface area contributed by atoms with Crippen LogP contribution in [-0.2, 0) is 4.74 Å². The smallest absolute Gasteiger partial charge is 0.0906 e. The molecule has 0 aromatic rings. The molecule has 16 heavy (non-hydrogen) atoms. The van der Waals surface area contributed by atoms with Crippen LogP contribution >= 0.6 is 0 Å². The van der Waals surface area contributed by atoms with Gasteiger partial charge in [-0.15, -0.1) is 0 Å². The predicted octanol–water partition coefficient (Wildman–Crippen LogP) is 1.29. The van der Waals surface area contributed by atoms with Crippen molar-refractivity contribution >= 4 is 0 Å². The molecular weight excluding hydrogens is 207 g/mol. The Hall–Kier alpha value is -0.190. The van der Waals surface area contributed by atoms with Crippen LogP contribution in [0, 0.1) is 5.92 Å². The van der Waals surface area contributed by atoms with E-state index in [-0.39, 0.29) is 6.67 Å². The molecule has 4 heteroatoms. The maximum absolute atomic E-state index is 12.0. The number of nitrogens with one attached hydrogen (secondary N) is 1. The van der Waals surface area contributed by atoms with E-state index in [4.69, 9.17) is 4.74 Å². The van der Waals surface area contributed by atoms with Gasteiger partial charge in [0.25, 0.3) is 0 Å². The fourth-order valence-electron chi connectivity index (χ4n) is 2.18. The summed E-state index contributed by atoms with van der Waals surface area (Å²) in [5.74, 6) is 0.790. The largest absolute Gasteiger partial charge is 0.383 e. The van der Waals surface area contributed by atoms with Crippen molar-refractivity contribution in [1.82, 2.24) is 10.2 Å². The fraction of sp³-hybridized carbons (Fsp3) is 1.00. The Balaban J connectivity index is 1.98. The molecule has 0 aromatic carbocycles. The minimum Gasteiger partial charge on any atom is -0.383 e. The fourth-order valence-corrected chi connectivity index (χ4v) is 2.18. The molecule has 1 N–H and O–H groups in total. The Labute approximate surface area is 98.3 Å². The van der Waals surface area contributed by atoms with Gasteiger partial charge in [0.1, 0.15) is 0 Å². The van der Waals surface area contributed by atoms with Gasteiger partial charge < -0.3 is 15.0 Å². The number of halogens is 1. The van der Waals surface area contributed by atoms with Crippen molar-refractivity contribution in [2.75, 3.05) is 53.1 Å². The first-order valence-electron chi connectivity index (χ1n) is 6.34. The summed E-state index contributed by atoms with van der Waals surface area (Å²) in [7, 11) is 1.73. The average molecular weight is 232 g/mol. The van der Waals surface area contributed by atoms with Crippen LogP contribution in [-0.4, -0.2) is 58.0 Å². The molecule has 0 radical (unpaired) electrons. The summed E-state index contributed by atoms with van der Waals surface area (Å²) in [6.07, 6.45) is 3.18. The molecule has 0 aromatic heterocycles. The summed E-state index contributed by atoms with van der Waals surface area (Å²) < 4.78 is 17.0. The molecule has 0 bridgehead atoms. The first-order valence-corrected chi connectivity index (χ1v) is 6.34. The van der Waals surface area contributed by atoms with Gasteiger partial charge in [-0.1, -0.05) is 0 Å². The summed E-state index contributed by atoms with van der Waals surface area (Å²) >= 11 is 0. The number of alkyl halides is 1. The Bertz CT molecular complexity index is 161. The van der Waals surface area contributed by atoms with E-state index in [0.29, 0.717) is 6.42 Å². The van der Waals surface area contributed by atoms with Crippen molar-refractivity contribution in [3.63, 3.8) is 0 Å². The van der Waals surface area contributed by atoms with Crippen LogP contribution in [0.4, 0.5) is 4.39 Å². The molecule has 0 spiro atoms. The number of rotatable bonds is 8. The summed E-state index contributed by atoms with van der Waals surface area (Å²) in [4.78, 5) is 2.38. The molecular formula is C12H25FN2O. The molecule has 1 saturated heterocycles. The van der Waals surface area contributed by atoms with Gasteiger partial charge >= 0.3 is 0 Å². The lowest BCUT2D eigenvalue weighted by molar-refractivity contribution is 0.169. The minimum absolute atomic E-state index is 0.182. The molecule has 0 atom stereocenters. The highest BCUT2D eigenvalue weighted by atomic mass is 19.1. The Morgan fingerprint density at radius 1 is 1.38 bits per heavy atom. The van der Waals surface area contributed by atoms with E-state index in [9.17, 15) is 4.39 Å². The van der Waals surface area contributed by atoms with E-state index in [2.05, 4.69) is 10.2 Å². The molecule has 1 fully saturated rings. The Morgan fingerprint density at radius 3 is 2.75 bits per heavy atom. The first kappa shape index (κ1) is 13.9. The van der Waals surface area contributed by atoms with Gasteiger partial charge in [0.05, 0.1) is 13.3 Å². The molecule has 0 saturated carbocycles. The van der Waals surface area contributed by atoms with Crippen LogP contribution in [0.15, 0.2) is 0 Å². The van der Waals surface area contributed by atoms with Gasteiger partial charge in [0.2, 0.25) is 0 Å². The number of likely N-dealkylation sites (tertiary alicyclic amines) is 1. The molecule has 0 amide bonds. The molecule has 1 rings (SSSR count). The van der Waals surface area contributed by atoms with Crippen LogP contribution in [0.3, 0.4) is 0 Å². The number of hydrogen-bond donors (Lipinski definition) is 1. The first-order chi connectivity index (χ1) is 7.86. The second kappa shape index (κ2) is 8.90. The maximum Gasteiger partial charge on any atom is 0.0906 e. The molecule has 1 aliphatic rings. The third-order valence-electron chi connectivity index (χ3n) is 3.23. The number of hydrogen-bond acceptors (Lipinski definition) is 3. The van der Waals surface area contributed by atoms with Gasteiger partial charge in [0.15, 0.2) is 0 Å². The molecule has 0 unspecified atom stereocenters. The second-order valence-corrected chi connectivity index (χ2v) is 4.52. The van der Waals surface area contributed by atoms with Crippen molar-refractivity contribution < 1.29 is 9.13 Å². The second-order valence-electron chi connectivity index (χ2n) is 4.52. The van der Waals surface area contributed by atoms with Crippen molar-refractivity contribution in [1.29, 1.82) is 0 Å². The highest BCUT2D eigenvalue weighted by Crippen LogP contribution is 2.16. The summed E-state index contributed by atoms with van der Waals surface area (Å²) in [5, 5.41) is 3.41. The lowest BCUT2D eigenvalue weighted by atomic mass is 9.97. The minimum atomic E-state index is -0.182. The van der Waals surface area contributed by atoms with Crippen molar-refractivity contribution in [2.45, 2.75) is 19.3 Å². The average Bonchev–Trinajstić information content (AvgIpc) is 2.33. The summed E-state index contributed by atoms with van der Waals surface area (Å²) in [6, 6.07) is 0. The van der Waals surface area contributed by atoms with Crippen LogP contribution in [0.1, 0.15) is 19.3 Å². The van der Waals surface area contributed by atoms with E-state index in [1.165, 1.54) is 12.8 Å². The van der Waals surface area contributed by atoms with Crippen LogP contribution < -0.4 is 5.32 Å². The quantitative estimate of drug-likeness (QED) is 0.638. The lowest BCUT2D eigenvalue weighted by Crippen LogP contribution is -2.38. The van der Waals surface area contributed by atoms with E-state index in [1.54, 1.807) is 7.11 Å². The molecule has 96 valence electrons. The zero-order valence-electron chi connectivity index (χ0n) is 10.4. The van der Waals surface area contributed by atoms with Gasteiger partial charge in [-0.3, -0.25) is 4.39 Å². The zero-order chi connectivity index (χ0) is 11.6. The van der Waals surface area contributed by atoms with Gasteiger partial charge in [-0.2, -0.15) is 0 Å². The number of piperidine rings is 1. The monoisotopic (exact) mass is 232 g/mol. The molecule has 1 heterocycles. The van der Waals surface area contributed by atoms with Crippen molar-refractivity contribution in [2.24, 2.45) is 5.92 Å². The standard InChI is InChI=1S/C12H25FN2O/c1-16-10-6-14-11-12-3-8-15(9-4-12)7-2-5-13/h12,14H,2-11H2,1H3. The predicted molar refractivity (Wildman–Crippen MR) is 64.5 cm³/mol. The highest BCUT2D eigenvalue weighted by molar-refractivity contribution is 4.73. The van der Waals surface area contributed by atoms with Gasteiger partial charge in [0, 0.05) is 20.2 Å². The SMILES string of the molecule is COCCNCC1CCN(CCCF)CC1. The van der Waals surface area contributed by atoms with Crippen molar-refractivity contribution in [3.05, 3.63) is 0 Å². The normalized spacial score (nSPS) is 19.1. The number of ether oxygens (including phenoxy) is 1. The molecule has 1 aliphatic heterocycles. The summed E-state index contributed by atoms with van der Waals surface area (Å²) in [6.45, 7) is 5.85. The van der Waals surface area contributed by atoms with E-state index in [1.807, 2.05) is 0 Å². The molecule has 0 aliphatic carbocycles.